The van der Waals surface area contributed by atoms with Gasteiger partial charge >= 0.3 is 6.09 Å². The number of nitrogens with two attached hydrogens (primary N) is 1. The molecular weight excluding hydrogens is 364 g/mol. The molecule has 4 N–H and O–H groups in total. The topological polar surface area (TPSA) is 106 Å². The summed E-state index contributed by atoms with van der Waals surface area (Å²) in [6, 6.07) is 5.21. The molecule has 1 aromatic carbocycles. The van der Waals surface area contributed by atoms with Crippen molar-refractivity contribution in [3.05, 3.63) is 39.9 Å². The number of anilines is 2. The zero-order valence-electron chi connectivity index (χ0n) is 14.1. The predicted octanol–water partition coefficient (Wildman–Crippen LogP) is 3.85. The first-order valence-corrected chi connectivity index (χ1v) is 8.63. The summed E-state index contributed by atoms with van der Waals surface area (Å²) in [5, 5.41) is 5.88. The van der Waals surface area contributed by atoms with Crippen molar-refractivity contribution in [1.29, 1.82) is 0 Å². The summed E-state index contributed by atoms with van der Waals surface area (Å²) in [6.07, 6.45) is 0.733. The number of halogens is 1. The Kier molecular flexibility index (Phi) is 5.99. The van der Waals surface area contributed by atoms with E-state index in [1.165, 1.54) is 6.20 Å². The highest BCUT2D eigenvalue weighted by Crippen LogP contribution is 2.27. The van der Waals surface area contributed by atoms with Crippen molar-refractivity contribution in [3.63, 3.8) is 0 Å². The first kappa shape index (κ1) is 19.2. The van der Waals surface area contributed by atoms with Crippen molar-refractivity contribution in [3.8, 4) is 0 Å². The average molecular weight is 383 g/mol. The number of benzene rings is 1. The molecule has 1 heterocycles. The van der Waals surface area contributed by atoms with E-state index in [0.717, 1.165) is 16.9 Å². The van der Waals surface area contributed by atoms with Gasteiger partial charge in [-0.2, -0.15) is 0 Å². The lowest BCUT2D eigenvalue weighted by Gasteiger charge is -2.18. The van der Waals surface area contributed by atoms with Crippen molar-refractivity contribution >= 4 is 45.8 Å². The third-order valence-electron chi connectivity index (χ3n) is 2.90. The van der Waals surface area contributed by atoms with Gasteiger partial charge in [0.15, 0.2) is 5.13 Å². The maximum absolute atomic E-state index is 12.4. The molecule has 2 rings (SSSR count). The molecule has 2 aromatic rings. The molecule has 9 heteroatoms. The highest BCUT2D eigenvalue weighted by atomic mass is 35.5. The molecule has 0 fully saturated rings. The number of nitrogens with one attached hydrogen (secondary N) is 2. The first-order valence-electron chi connectivity index (χ1n) is 7.44. The number of carbonyl (C=O) groups excluding carboxylic acids is 2. The van der Waals surface area contributed by atoms with E-state index in [0.29, 0.717) is 15.6 Å². The van der Waals surface area contributed by atoms with Crippen molar-refractivity contribution in [2.75, 3.05) is 10.6 Å². The number of hydrogen-bond donors (Lipinski definition) is 3. The van der Waals surface area contributed by atoms with Crippen LogP contribution in [0.15, 0.2) is 24.4 Å². The quantitative estimate of drug-likeness (QED) is 0.744. The Morgan fingerprint density at radius 1 is 1.32 bits per heavy atom. The summed E-state index contributed by atoms with van der Waals surface area (Å²) in [5.74, 6) is -0.391. The van der Waals surface area contributed by atoms with Crippen LogP contribution in [0.5, 0.6) is 0 Å². The van der Waals surface area contributed by atoms with Crippen LogP contribution < -0.4 is 16.4 Å². The SMILES string of the molecule is CC(C)(C)OC(=O)Nc1ncc(C(=O)Nc2c(Cl)cccc2CN)s1. The van der Waals surface area contributed by atoms with Crippen LogP contribution >= 0.6 is 22.9 Å². The summed E-state index contributed by atoms with van der Waals surface area (Å²) in [5.41, 5.74) is 6.23. The van der Waals surface area contributed by atoms with Gasteiger partial charge in [-0.25, -0.2) is 9.78 Å². The summed E-state index contributed by atoms with van der Waals surface area (Å²) in [4.78, 5) is 28.4. The highest BCUT2D eigenvalue weighted by Gasteiger charge is 2.19. The van der Waals surface area contributed by atoms with E-state index in [1.807, 2.05) is 0 Å². The minimum absolute atomic E-state index is 0.240. The molecule has 7 nitrogen and oxygen atoms in total. The van der Waals surface area contributed by atoms with Crippen LogP contribution in [0.25, 0.3) is 0 Å². The zero-order valence-corrected chi connectivity index (χ0v) is 15.6. The minimum atomic E-state index is -0.634. The lowest BCUT2D eigenvalue weighted by atomic mass is 10.1. The fourth-order valence-electron chi connectivity index (χ4n) is 1.88. The van der Waals surface area contributed by atoms with Gasteiger partial charge in [-0.1, -0.05) is 35.1 Å². The third kappa shape index (κ3) is 5.42. The largest absolute Gasteiger partial charge is 0.444 e. The minimum Gasteiger partial charge on any atom is -0.444 e. The fourth-order valence-corrected chi connectivity index (χ4v) is 2.82. The Morgan fingerprint density at radius 3 is 2.68 bits per heavy atom. The Hall–Kier alpha value is -2.16. The highest BCUT2D eigenvalue weighted by molar-refractivity contribution is 7.17. The van der Waals surface area contributed by atoms with Crippen LogP contribution in [-0.4, -0.2) is 22.6 Å². The zero-order chi connectivity index (χ0) is 18.6. The second kappa shape index (κ2) is 7.81. The van der Waals surface area contributed by atoms with E-state index in [-0.39, 0.29) is 11.7 Å². The fraction of sp³-hybridized carbons (Fsp3) is 0.312. The van der Waals surface area contributed by atoms with E-state index in [4.69, 9.17) is 22.1 Å². The van der Waals surface area contributed by atoms with Crippen molar-refractivity contribution in [2.45, 2.75) is 32.9 Å². The number of rotatable bonds is 4. The van der Waals surface area contributed by atoms with Gasteiger partial charge in [-0.3, -0.25) is 10.1 Å². The second-order valence-corrected chi connectivity index (χ2v) is 7.53. The number of nitrogens with zero attached hydrogens (tertiary/aromatic N) is 1. The van der Waals surface area contributed by atoms with Gasteiger partial charge in [-0.05, 0) is 32.4 Å². The van der Waals surface area contributed by atoms with Crippen molar-refractivity contribution in [1.82, 2.24) is 4.98 Å². The standard InChI is InChI=1S/C16H19ClN4O3S/c1-16(2,3)24-15(23)21-14-19-8-11(25-14)13(22)20-12-9(7-18)5-4-6-10(12)17/h4-6,8H,7,18H2,1-3H3,(H,20,22)(H,19,21,23). The maximum atomic E-state index is 12.4. The molecule has 0 aliphatic carbocycles. The summed E-state index contributed by atoms with van der Waals surface area (Å²) in [7, 11) is 0. The number of amides is 2. The maximum Gasteiger partial charge on any atom is 0.413 e. The molecule has 25 heavy (non-hydrogen) atoms. The number of carbonyl (C=O) groups is 2. The van der Waals surface area contributed by atoms with Crippen LogP contribution in [0.4, 0.5) is 15.6 Å². The normalized spacial score (nSPS) is 11.1. The Labute approximate surface area is 154 Å². The van der Waals surface area contributed by atoms with Crippen molar-refractivity contribution < 1.29 is 14.3 Å². The van der Waals surface area contributed by atoms with E-state index in [1.54, 1.807) is 39.0 Å². The van der Waals surface area contributed by atoms with Crippen LogP contribution in [0.2, 0.25) is 5.02 Å². The molecule has 1 aromatic heterocycles. The Balaban J connectivity index is 2.07. The van der Waals surface area contributed by atoms with Gasteiger partial charge in [0.25, 0.3) is 5.91 Å². The lowest BCUT2D eigenvalue weighted by molar-refractivity contribution is 0.0635. The van der Waals surface area contributed by atoms with Crippen LogP contribution in [-0.2, 0) is 11.3 Å². The first-order chi connectivity index (χ1) is 11.7. The van der Waals surface area contributed by atoms with Gasteiger partial charge in [-0.15, -0.1) is 0 Å². The second-order valence-electron chi connectivity index (χ2n) is 6.09. The average Bonchev–Trinajstić information content (AvgIpc) is 2.95. The van der Waals surface area contributed by atoms with Crippen LogP contribution in [0, 0.1) is 0 Å². The third-order valence-corrected chi connectivity index (χ3v) is 4.12. The number of para-hydroxylation sites is 1. The molecule has 134 valence electrons. The van der Waals surface area contributed by atoms with Gasteiger partial charge in [0, 0.05) is 6.54 Å². The molecular formula is C16H19ClN4O3S. The Morgan fingerprint density at radius 2 is 2.04 bits per heavy atom. The summed E-state index contributed by atoms with van der Waals surface area (Å²) in [6.45, 7) is 5.51. The number of aromatic nitrogens is 1. The molecule has 0 aliphatic heterocycles. The lowest BCUT2D eigenvalue weighted by Crippen LogP contribution is -2.27. The molecule has 0 aliphatic rings. The molecule has 2 amide bonds. The van der Waals surface area contributed by atoms with Crippen LogP contribution in [0.3, 0.4) is 0 Å². The summed E-state index contributed by atoms with van der Waals surface area (Å²) < 4.78 is 5.14. The Bertz CT molecular complexity index is 786. The number of hydrogen-bond acceptors (Lipinski definition) is 6. The van der Waals surface area contributed by atoms with Gasteiger partial charge < -0.3 is 15.8 Å². The van der Waals surface area contributed by atoms with E-state index in [9.17, 15) is 9.59 Å². The van der Waals surface area contributed by atoms with Gasteiger partial charge in [0.05, 0.1) is 16.9 Å². The smallest absolute Gasteiger partial charge is 0.413 e. The van der Waals surface area contributed by atoms with Gasteiger partial charge in [0.1, 0.15) is 10.5 Å². The predicted molar refractivity (Wildman–Crippen MR) is 99.3 cm³/mol. The van der Waals surface area contributed by atoms with Gasteiger partial charge in [0.2, 0.25) is 0 Å². The molecule has 0 saturated carbocycles. The number of ether oxygens (including phenoxy) is 1. The molecule has 0 saturated heterocycles. The van der Waals surface area contributed by atoms with E-state index < -0.39 is 17.6 Å². The molecule has 0 atom stereocenters. The monoisotopic (exact) mass is 382 g/mol. The molecule has 0 radical (unpaired) electrons. The van der Waals surface area contributed by atoms with E-state index in [2.05, 4.69) is 15.6 Å². The molecule has 0 bridgehead atoms. The molecule has 0 spiro atoms. The van der Waals surface area contributed by atoms with Crippen LogP contribution in [0.1, 0.15) is 36.0 Å². The molecule has 0 unspecified atom stereocenters. The van der Waals surface area contributed by atoms with Crippen molar-refractivity contribution in [2.24, 2.45) is 5.73 Å². The number of thiazole rings is 1. The summed E-state index contributed by atoms with van der Waals surface area (Å²) >= 11 is 7.14. The van der Waals surface area contributed by atoms with E-state index >= 15 is 0 Å².